The predicted octanol–water partition coefficient (Wildman–Crippen LogP) is 1.99. The molecule has 0 unspecified atom stereocenters. The highest BCUT2D eigenvalue weighted by molar-refractivity contribution is 5.96. The van der Waals surface area contributed by atoms with Crippen LogP contribution in [0.2, 0.25) is 0 Å². The average molecular weight is 267 g/mol. The van der Waals surface area contributed by atoms with Gasteiger partial charge in [0.05, 0.1) is 17.3 Å². The Morgan fingerprint density at radius 2 is 2.20 bits per heavy atom. The van der Waals surface area contributed by atoms with Crippen LogP contribution in [0.1, 0.15) is 23.7 Å². The Kier molecular flexibility index (Phi) is 2.90. The molecule has 0 aliphatic heterocycles. The zero-order valence-electron chi connectivity index (χ0n) is 10.9. The normalized spacial score (nSPS) is 10.8. The van der Waals surface area contributed by atoms with E-state index in [2.05, 4.69) is 15.1 Å². The molecule has 2 heterocycles. The lowest BCUT2D eigenvalue weighted by atomic mass is 10.1. The Bertz CT molecular complexity index is 793. The van der Waals surface area contributed by atoms with Crippen LogP contribution in [0.15, 0.2) is 36.8 Å². The van der Waals surface area contributed by atoms with Crippen LogP contribution in [0.4, 0.5) is 5.82 Å². The number of carbonyl (C=O) groups excluding carboxylic acids is 1. The molecule has 0 spiro atoms. The lowest BCUT2D eigenvalue weighted by molar-refractivity contribution is 0.0988. The minimum absolute atomic E-state index is 0.0949. The number of fused-ring (bicyclic) bond motifs is 1. The fourth-order valence-electron chi connectivity index (χ4n) is 2.07. The van der Waals surface area contributed by atoms with Gasteiger partial charge < -0.3 is 5.73 Å². The number of benzene rings is 1. The molecule has 0 aliphatic carbocycles. The maximum Gasteiger partial charge on any atom is 0.168 e. The summed E-state index contributed by atoms with van der Waals surface area (Å²) in [4.78, 5) is 19.9. The van der Waals surface area contributed by atoms with Gasteiger partial charge in [0.15, 0.2) is 11.4 Å². The van der Waals surface area contributed by atoms with Gasteiger partial charge >= 0.3 is 0 Å². The molecule has 0 atom stereocenters. The van der Waals surface area contributed by atoms with Gasteiger partial charge in [0.2, 0.25) is 0 Å². The van der Waals surface area contributed by atoms with E-state index < -0.39 is 0 Å². The summed E-state index contributed by atoms with van der Waals surface area (Å²) in [6.07, 6.45) is 3.49. The van der Waals surface area contributed by atoms with Crippen molar-refractivity contribution >= 4 is 22.6 Å². The minimum Gasteiger partial charge on any atom is -0.383 e. The number of nitrogens with zero attached hydrogens (tertiary/aromatic N) is 4. The van der Waals surface area contributed by atoms with Gasteiger partial charge in [-0.1, -0.05) is 19.1 Å². The van der Waals surface area contributed by atoms with Gasteiger partial charge in [-0.3, -0.25) is 4.79 Å². The molecule has 0 amide bonds. The van der Waals surface area contributed by atoms with Gasteiger partial charge in [-0.2, -0.15) is 5.10 Å². The molecule has 0 radical (unpaired) electrons. The van der Waals surface area contributed by atoms with Crippen LogP contribution in [0.3, 0.4) is 0 Å². The number of rotatable bonds is 3. The van der Waals surface area contributed by atoms with E-state index in [1.54, 1.807) is 23.0 Å². The Morgan fingerprint density at radius 3 is 3.00 bits per heavy atom. The molecule has 2 aromatic heterocycles. The maximum atomic E-state index is 11.8. The Morgan fingerprint density at radius 1 is 1.35 bits per heavy atom. The molecule has 6 heteroatoms. The predicted molar refractivity (Wildman–Crippen MR) is 75.7 cm³/mol. The van der Waals surface area contributed by atoms with Crippen LogP contribution < -0.4 is 5.73 Å². The molecule has 1 aromatic carbocycles. The number of nitrogen functional groups attached to an aromatic ring is 1. The van der Waals surface area contributed by atoms with E-state index in [1.165, 1.54) is 6.33 Å². The summed E-state index contributed by atoms with van der Waals surface area (Å²) in [5.74, 6) is 0.486. The summed E-state index contributed by atoms with van der Waals surface area (Å²) in [5.41, 5.74) is 7.85. The van der Waals surface area contributed by atoms with Crippen LogP contribution in [-0.2, 0) is 0 Å². The SMILES string of the molecule is CCC(=O)c1cccc(-n2ncc3c(N)ncnc32)c1. The Hall–Kier alpha value is -2.76. The second kappa shape index (κ2) is 4.73. The quantitative estimate of drug-likeness (QED) is 0.733. The van der Waals surface area contributed by atoms with E-state index in [1.807, 2.05) is 19.1 Å². The third-order valence-corrected chi connectivity index (χ3v) is 3.13. The van der Waals surface area contributed by atoms with Crippen molar-refractivity contribution < 1.29 is 4.79 Å². The average Bonchev–Trinajstić information content (AvgIpc) is 2.92. The van der Waals surface area contributed by atoms with Crippen LogP contribution in [-0.4, -0.2) is 25.5 Å². The summed E-state index contributed by atoms with van der Waals surface area (Å²) in [6, 6.07) is 7.30. The molecule has 3 rings (SSSR count). The van der Waals surface area contributed by atoms with E-state index >= 15 is 0 Å². The third kappa shape index (κ3) is 1.91. The first-order valence-electron chi connectivity index (χ1n) is 6.28. The van der Waals surface area contributed by atoms with Gasteiger partial charge in [0.25, 0.3) is 0 Å². The largest absolute Gasteiger partial charge is 0.383 e. The van der Waals surface area contributed by atoms with Crippen LogP contribution in [0.5, 0.6) is 0 Å². The second-order valence-electron chi connectivity index (χ2n) is 4.38. The molecule has 6 nitrogen and oxygen atoms in total. The summed E-state index contributed by atoms with van der Waals surface area (Å²) >= 11 is 0. The molecule has 0 fully saturated rings. The molecule has 0 aliphatic rings. The van der Waals surface area contributed by atoms with E-state index in [0.29, 0.717) is 28.8 Å². The van der Waals surface area contributed by atoms with Gasteiger partial charge in [-0.25, -0.2) is 14.6 Å². The molecular weight excluding hydrogens is 254 g/mol. The van der Waals surface area contributed by atoms with Crippen molar-refractivity contribution in [3.8, 4) is 5.69 Å². The second-order valence-corrected chi connectivity index (χ2v) is 4.38. The number of aromatic nitrogens is 4. The first-order valence-corrected chi connectivity index (χ1v) is 6.28. The van der Waals surface area contributed by atoms with Gasteiger partial charge in [0, 0.05) is 12.0 Å². The standard InChI is InChI=1S/C14H13N5O/c1-2-12(20)9-4-3-5-10(6-9)19-14-11(7-18-19)13(15)16-8-17-14/h3-8H,2H2,1H3,(H2,15,16,17). The zero-order chi connectivity index (χ0) is 14.1. The molecule has 2 N–H and O–H groups in total. The van der Waals surface area contributed by atoms with Crippen molar-refractivity contribution in [2.24, 2.45) is 0 Å². The van der Waals surface area contributed by atoms with Crippen molar-refractivity contribution in [1.29, 1.82) is 0 Å². The first-order chi connectivity index (χ1) is 9.70. The third-order valence-electron chi connectivity index (χ3n) is 3.13. The van der Waals surface area contributed by atoms with Gasteiger partial charge in [-0.15, -0.1) is 0 Å². The highest BCUT2D eigenvalue weighted by Gasteiger charge is 2.10. The van der Waals surface area contributed by atoms with Crippen molar-refractivity contribution in [2.75, 3.05) is 5.73 Å². The maximum absolute atomic E-state index is 11.8. The zero-order valence-corrected chi connectivity index (χ0v) is 10.9. The lowest BCUT2D eigenvalue weighted by Gasteiger charge is -2.05. The number of hydrogen-bond acceptors (Lipinski definition) is 5. The van der Waals surface area contributed by atoms with E-state index in [-0.39, 0.29) is 5.78 Å². The van der Waals surface area contributed by atoms with Crippen molar-refractivity contribution in [2.45, 2.75) is 13.3 Å². The monoisotopic (exact) mass is 267 g/mol. The van der Waals surface area contributed by atoms with E-state index in [9.17, 15) is 4.79 Å². The van der Waals surface area contributed by atoms with Gasteiger partial charge in [-0.05, 0) is 12.1 Å². The van der Waals surface area contributed by atoms with E-state index in [4.69, 9.17) is 5.73 Å². The number of anilines is 1. The Labute approximate surface area is 115 Å². The molecule has 0 bridgehead atoms. The minimum atomic E-state index is 0.0949. The van der Waals surface area contributed by atoms with Crippen molar-refractivity contribution in [3.63, 3.8) is 0 Å². The number of Topliss-reactive ketones (excluding diaryl/α,β-unsaturated/α-hetero) is 1. The molecule has 100 valence electrons. The van der Waals surface area contributed by atoms with Crippen LogP contribution >= 0.6 is 0 Å². The first kappa shape index (κ1) is 12.3. The van der Waals surface area contributed by atoms with Gasteiger partial charge in [0.1, 0.15) is 12.1 Å². The fraction of sp³-hybridized carbons (Fsp3) is 0.143. The molecule has 3 aromatic rings. The lowest BCUT2D eigenvalue weighted by Crippen LogP contribution is -2.02. The summed E-state index contributed by atoms with van der Waals surface area (Å²) in [6.45, 7) is 1.84. The van der Waals surface area contributed by atoms with Crippen LogP contribution in [0.25, 0.3) is 16.7 Å². The highest BCUT2D eigenvalue weighted by Crippen LogP contribution is 2.20. The van der Waals surface area contributed by atoms with E-state index in [0.717, 1.165) is 5.69 Å². The number of carbonyl (C=O) groups is 1. The Balaban J connectivity index is 2.16. The van der Waals surface area contributed by atoms with Crippen molar-refractivity contribution in [1.82, 2.24) is 19.7 Å². The smallest absolute Gasteiger partial charge is 0.168 e. The summed E-state index contributed by atoms with van der Waals surface area (Å²) < 4.78 is 1.65. The molecular formula is C14H13N5O. The van der Waals surface area contributed by atoms with Crippen molar-refractivity contribution in [3.05, 3.63) is 42.4 Å². The molecule has 20 heavy (non-hydrogen) atoms. The highest BCUT2D eigenvalue weighted by atomic mass is 16.1. The molecule has 0 saturated carbocycles. The molecule has 0 saturated heterocycles. The fourth-order valence-corrected chi connectivity index (χ4v) is 2.07. The number of hydrogen-bond donors (Lipinski definition) is 1. The summed E-state index contributed by atoms with van der Waals surface area (Å²) in [5, 5.41) is 4.97. The topological polar surface area (TPSA) is 86.7 Å². The number of nitrogens with two attached hydrogens (primary N) is 1. The van der Waals surface area contributed by atoms with Crippen LogP contribution in [0, 0.1) is 0 Å². The summed E-state index contributed by atoms with van der Waals surface area (Å²) in [7, 11) is 0. The number of ketones is 1.